The molecular weight excluding hydrogens is 146 g/mol. The Morgan fingerprint density at radius 2 is 2.60 bits per heavy atom. The van der Waals surface area contributed by atoms with Crippen LogP contribution in [0.5, 0.6) is 0 Å². The second-order valence-electron chi connectivity index (χ2n) is 2.26. The van der Waals surface area contributed by atoms with Crippen molar-refractivity contribution in [3.63, 3.8) is 0 Å². The van der Waals surface area contributed by atoms with Crippen molar-refractivity contribution < 1.29 is 4.79 Å². The summed E-state index contributed by atoms with van der Waals surface area (Å²) in [7, 11) is 0. The number of hydrogen-bond donors (Lipinski definition) is 1. The van der Waals surface area contributed by atoms with Gasteiger partial charge >= 0.3 is 0 Å². The van der Waals surface area contributed by atoms with E-state index in [0.29, 0.717) is 0 Å². The van der Waals surface area contributed by atoms with E-state index in [9.17, 15) is 4.79 Å². The van der Waals surface area contributed by atoms with Gasteiger partial charge in [0.1, 0.15) is 0 Å². The van der Waals surface area contributed by atoms with Gasteiger partial charge in [-0.3, -0.25) is 4.79 Å². The molecule has 0 aromatic heterocycles. The van der Waals surface area contributed by atoms with Gasteiger partial charge in [-0.2, -0.15) is 0 Å². The molecule has 1 aliphatic rings. The normalized spacial score (nSPS) is 24.4. The van der Waals surface area contributed by atoms with E-state index in [2.05, 4.69) is 5.32 Å². The zero-order valence-electron chi connectivity index (χ0n) is 5.54. The van der Waals surface area contributed by atoms with Crippen LogP contribution >= 0.6 is 12.2 Å². The predicted molar refractivity (Wildman–Crippen MR) is 44.0 cm³/mol. The van der Waals surface area contributed by atoms with Gasteiger partial charge in [-0.15, -0.1) is 0 Å². The van der Waals surface area contributed by atoms with Crippen molar-refractivity contribution in [3.8, 4) is 0 Å². The van der Waals surface area contributed by atoms with Crippen molar-refractivity contribution in [2.45, 2.75) is 18.9 Å². The minimum absolute atomic E-state index is 0.198. The van der Waals surface area contributed by atoms with Crippen molar-refractivity contribution in [2.24, 2.45) is 0 Å². The largest absolute Gasteiger partial charge is 0.352 e. The van der Waals surface area contributed by atoms with Crippen LogP contribution in [0, 0.1) is 0 Å². The van der Waals surface area contributed by atoms with Gasteiger partial charge < -0.3 is 5.32 Å². The number of rotatable bonds is 2. The molecule has 0 spiro atoms. The van der Waals surface area contributed by atoms with Gasteiger partial charge in [0.05, 0.1) is 0 Å². The highest BCUT2D eigenvalue weighted by Crippen LogP contribution is 2.07. The second kappa shape index (κ2) is 3.46. The fourth-order valence-electron chi connectivity index (χ4n) is 0.927. The maximum Gasteiger partial charge on any atom is 0.207 e. The molecule has 0 aromatic carbocycles. The van der Waals surface area contributed by atoms with E-state index in [0.717, 1.165) is 24.1 Å². The lowest BCUT2D eigenvalue weighted by molar-refractivity contribution is -0.109. The lowest BCUT2D eigenvalue weighted by atomic mass is 10.0. The first kappa shape index (κ1) is 7.41. The number of thiocarbonyl (C=S) groups is 1. The molecule has 3 heteroatoms. The van der Waals surface area contributed by atoms with E-state index in [-0.39, 0.29) is 6.04 Å². The molecule has 1 aliphatic carbocycles. The van der Waals surface area contributed by atoms with Gasteiger partial charge in [-0.05, 0) is 12.8 Å². The van der Waals surface area contributed by atoms with E-state index < -0.39 is 0 Å². The third-order valence-corrected chi connectivity index (χ3v) is 1.84. The van der Waals surface area contributed by atoms with Crippen LogP contribution in [0.4, 0.5) is 0 Å². The Kier molecular flexibility index (Phi) is 2.57. The van der Waals surface area contributed by atoms with E-state index in [4.69, 9.17) is 12.2 Å². The molecule has 0 saturated carbocycles. The molecule has 1 atom stereocenters. The molecule has 0 radical (unpaired) electrons. The van der Waals surface area contributed by atoms with Crippen LogP contribution in [0.3, 0.4) is 0 Å². The Balaban J connectivity index is 2.44. The quantitative estimate of drug-likeness (QED) is 0.472. The van der Waals surface area contributed by atoms with Gasteiger partial charge in [0, 0.05) is 10.9 Å². The first-order valence-corrected chi connectivity index (χ1v) is 3.64. The Labute approximate surface area is 65.3 Å². The molecule has 54 valence electrons. The Morgan fingerprint density at radius 3 is 3.10 bits per heavy atom. The molecule has 0 bridgehead atoms. The molecule has 0 heterocycles. The molecule has 1 rings (SSSR count). The third kappa shape index (κ3) is 1.92. The number of carbonyl (C=O) groups excluding carboxylic acids is 1. The molecule has 1 amide bonds. The SMILES string of the molecule is O=CNC1C=CC(=S)CC1. The Bertz CT molecular complexity index is 176. The number of hydrogen-bond acceptors (Lipinski definition) is 2. The molecular formula is C7H9NOS. The van der Waals surface area contributed by atoms with Gasteiger partial charge in [-0.25, -0.2) is 0 Å². The molecule has 2 nitrogen and oxygen atoms in total. The average Bonchev–Trinajstić information content (AvgIpc) is 1.95. The van der Waals surface area contributed by atoms with Crippen LogP contribution in [0.2, 0.25) is 0 Å². The van der Waals surface area contributed by atoms with Crippen LogP contribution in [0.1, 0.15) is 12.8 Å². The topological polar surface area (TPSA) is 29.1 Å². The molecule has 0 aliphatic heterocycles. The monoisotopic (exact) mass is 155 g/mol. The number of carbonyl (C=O) groups is 1. The van der Waals surface area contributed by atoms with Crippen molar-refractivity contribution in [3.05, 3.63) is 12.2 Å². The van der Waals surface area contributed by atoms with Crippen LogP contribution in [-0.4, -0.2) is 17.3 Å². The number of amides is 1. The molecule has 1 unspecified atom stereocenters. The first-order chi connectivity index (χ1) is 4.83. The third-order valence-electron chi connectivity index (χ3n) is 1.50. The highest BCUT2D eigenvalue weighted by atomic mass is 32.1. The van der Waals surface area contributed by atoms with Crippen LogP contribution in [-0.2, 0) is 4.79 Å². The summed E-state index contributed by atoms with van der Waals surface area (Å²) >= 11 is 4.94. The summed E-state index contributed by atoms with van der Waals surface area (Å²) in [6.07, 6.45) is 6.40. The van der Waals surface area contributed by atoms with Gasteiger partial charge in [-0.1, -0.05) is 24.4 Å². The summed E-state index contributed by atoms with van der Waals surface area (Å²) < 4.78 is 0. The van der Waals surface area contributed by atoms with Crippen molar-refractivity contribution >= 4 is 23.5 Å². The average molecular weight is 155 g/mol. The Morgan fingerprint density at radius 1 is 1.80 bits per heavy atom. The van der Waals surface area contributed by atoms with E-state index in [1.807, 2.05) is 12.2 Å². The summed E-state index contributed by atoms with van der Waals surface area (Å²) in [4.78, 5) is 11.0. The summed E-state index contributed by atoms with van der Waals surface area (Å²) in [5.74, 6) is 0. The van der Waals surface area contributed by atoms with Crippen LogP contribution < -0.4 is 5.32 Å². The zero-order chi connectivity index (χ0) is 7.40. The molecule has 10 heavy (non-hydrogen) atoms. The fraction of sp³-hybridized carbons (Fsp3) is 0.429. The van der Waals surface area contributed by atoms with Crippen molar-refractivity contribution in [1.29, 1.82) is 0 Å². The van der Waals surface area contributed by atoms with Crippen LogP contribution in [0.15, 0.2) is 12.2 Å². The fourth-order valence-corrected chi connectivity index (χ4v) is 1.12. The van der Waals surface area contributed by atoms with E-state index in [1.54, 1.807) is 0 Å². The standard InChI is InChI=1S/C7H9NOS/c9-5-8-6-1-3-7(10)4-2-6/h1,3,5-6H,2,4H2,(H,8,9). The summed E-state index contributed by atoms with van der Waals surface area (Å²) in [5, 5.41) is 2.68. The highest BCUT2D eigenvalue weighted by molar-refractivity contribution is 7.80. The molecule has 0 saturated heterocycles. The van der Waals surface area contributed by atoms with E-state index in [1.165, 1.54) is 0 Å². The highest BCUT2D eigenvalue weighted by Gasteiger charge is 2.08. The lowest BCUT2D eigenvalue weighted by Gasteiger charge is -2.14. The summed E-state index contributed by atoms with van der Waals surface area (Å²) in [5.41, 5.74) is 0. The van der Waals surface area contributed by atoms with Crippen molar-refractivity contribution in [2.75, 3.05) is 0 Å². The minimum atomic E-state index is 0.198. The van der Waals surface area contributed by atoms with Gasteiger partial charge in [0.25, 0.3) is 0 Å². The smallest absolute Gasteiger partial charge is 0.207 e. The maximum atomic E-state index is 9.98. The Hall–Kier alpha value is -0.700. The molecule has 0 fully saturated rings. The van der Waals surface area contributed by atoms with Gasteiger partial charge in [0.2, 0.25) is 6.41 Å². The van der Waals surface area contributed by atoms with Gasteiger partial charge in [0.15, 0.2) is 0 Å². The number of allylic oxidation sites excluding steroid dienone is 1. The van der Waals surface area contributed by atoms with Crippen molar-refractivity contribution in [1.82, 2.24) is 5.32 Å². The molecule has 0 aromatic rings. The van der Waals surface area contributed by atoms with Crippen LogP contribution in [0.25, 0.3) is 0 Å². The molecule has 1 N–H and O–H groups in total. The van der Waals surface area contributed by atoms with E-state index >= 15 is 0 Å². The second-order valence-corrected chi connectivity index (χ2v) is 2.78. The maximum absolute atomic E-state index is 9.98. The summed E-state index contributed by atoms with van der Waals surface area (Å²) in [6, 6.07) is 0.198. The first-order valence-electron chi connectivity index (χ1n) is 3.23. The zero-order valence-corrected chi connectivity index (χ0v) is 6.36. The number of nitrogens with one attached hydrogen (secondary N) is 1. The summed E-state index contributed by atoms with van der Waals surface area (Å²) in [6.45, 7) is 0. The predicted octanol–water partition coefficient (Wildman–Crippen LogP) is 0.821. The lowest BCUT2D eigenvalue weighted by Crippen LogP contribution is -2.28. The minimum Gasteiger partial charge on any atom is -0.352 e.